The Morgan fingerprint density at radius 2 is 1.89 bits per heavy atom. The number of halogens is 2. The first-order valence-corrected chi connectivity index (χ1v) is 9.96. The summed E-state index contributed by atoms with van der Waals surface area (Å²) in [6.45, 7) is 7.73. The Morgan fingerprint density at radius 1 is 1.19 bits per heavy atom. The molecule has 0 saturated carbocycles. The first-order valence-electron chi connectivity index (χ1n) is 9.58. The zero-order valence-electron chi connectivity index (χ0n) is 16.2. The Kier molecular flexibility index (Phi) is 9.18. The Hall–Kier alpha value is -0.990. The summed E-state index contributed by atoms with van der Waals surface area (Å²) in [5, 5.41) is 7.67. The molecule has 1 aliphatic heterocycles. The van der Waals surface area contributed by atoms with Crippen LogP contribution >= 0.6 is 35.6 Å². The number of rotatable bonds is 5. The number of aliphatic imine (C=N–C) groups is 1. The van der Waals surface area contributed by atoms with Gasteiger partial charge in [-0.3, -0.25) is 0 Å². The molecule has 0 amide bonds. The second-order valence-corrected chi connectivity index (χ2v) is 7.41. The highest BCUT2D eigenvalue weighted by Crippen LogP contribution is 2.29. The molecule has 150 valence electrons. The van der Waals surface area contributed by atoms with Crippen molar-refractivity contribution in [1.82, 2.24) is 15.5 Å². The molecule has 0 bridgehead atoms. The Bertz CT molecular complexity index is 648. The normalized spacial score (nSPS) is 18.5. The average Bonchev–Trinajstić information content (AvgIpc) is 3.14. The number of anilines is 1. The highest BCUT2D eigenvalue weighted by molar-refractivity contribution is 14.0. The lowest BCUT2D eigenvalue weighted by molar-refractivity contribution is 0.312. The van der Waals surface area contributed by atoms with E-state index in [1.807, 2.05) is 12.1 Å². The summed E-state index contributed by atoms with van der Waals surface area (Å²) in [5.41, 5.74) is 2.33. The predicted molar refractivity (Wildman–Crippen MR) is 127 cm³/mol. The minimum atomic E-state index is 0. The molecule has 1 saturated heterocycles. The number of nitrogens with zero attached hydrogens (tertiary/aromatic N) is 3. The van der Waals surface area contributed by atoms with Gasteiger partial charge in [-0.05, 0) is 38.9 Å². The molecule has 1 aliphatic carbocycles. The summed E-state index contributed by atoms with van der Waals surface area (Å²) in [4.78, 5) is 9.61. The van der Waals surface area contributed by atoms with Crippen molar-refractivity contribution in [3.05, 3.63) is 40.9 Å². The average molecular weight is 504 g/mol. The van der Waals surface area contributed by atoms with Crippen LogP contribution in [0.5, 0.6) is 0 Å². The van der Waals surface area contributed by atoms with Crippen molar-refractivity contribution in [2.24, 2.45) is 4.99 Å². The topological polar surface area (TPSA) is 42.9 Å². The van der Waals surface area contributed by atoms with E-state index in [0.717, 1.165) is 62.1 Å². The molecular formula is C20H31ClIN5. The third-order valence-corrected chi connectivity index (χ3v) is 5.38. The van der Waals surface area contributed by atoms with Crippen LogP contribution < -0.4 is 15.5 Å². The standard InChI is InChI=1S/C20H30ClN5.HI/c1-3-22-20(24-16-7-4-5-8-16)23-15-17-18(21)9-6-10-19(17)26-13-11-25(2)12-14-26;/h4-6,9-10,16H,3,7-8,11-15H2,1-2H3,(H2,22,23,24);1H. The summed E-state index contributed by atoms with van der Waals surface area (Å²) < 4.78 is 0. The van der Waals surface area contributed by atoms with Crippen molar-refractivity contribution in [1.29, 1.82) is 0 Å². The van der Waals surface area contributed by atoms with Gasteiger partial charge in [0.25, 0.3) is 0 Å². The van der Waals surface area contributed by atoms with Crippen molar-refractivity contribution in [3.63, 3.8) is 0 Å². The maximum atomic E-state index is 6.55. The zero-order valence-corrected chi connectivity index (χ0v) is 19.3. The maximum Gasteiger partial charge on any atom is 0.191 e. The molecule has 0 spiro atoms. The van der Waals surface area contributed by atoms with E-state index in [2.05, 4.69) is 52.6 Å². The van der Waals surface area contributed by atoms with Crippen LogP contribution in [0.1, 0.15) is 25.3 Å². The summed E-state index contributed by atoms with van der Waals surface area (Å²) in [6.07, 6.45) is 6.56. The quantitative estimate of drug-likeness (QED) is 0.279. The largest absolute Gasteiger partial charge is 0.369 e. The Labute approximate surface area is 185 Å². The third-order valence-electron chi connectivity index (χ3n) is 5.03. The molecule has 1 fully saturated rings. The number of likely N-dealkylation sites (N-methyl/N-ethyl adjacent to an activating group) is 1. The lowest BCUT2D eigenvalue weighted by atomic mass is 10.1. The molecular weight excluding hydrogens is 473 g/mol. The highest BCUT2D eigenvalue weighted by atomic mass is 127. The summed E-state index contributed by atoms with van der Waals surface area (Å²) in [7, 11) is 2.17. The summed E-state index contributed by atoms with van der Waals surface area (Å²) >= 11 is 6.55. The Balaban J connectivity index is 0.00000261. The smallest absolute Gasteiger partial charge is 0.191 e. The Morgan fingerprint density at radius 3 is 2.56 bits per heavy atom. The zero-order chi connectivity index (χ0) is 18.4. The van der Waals surface area contributed by atoms with Crippen LogP contribution in [0.3, 0.4) is 0 Å². The fourth-order valence-electron chi connectivity index (χ4n) is 3.45. The summed E-state index contributed by atoms with van der Waals surface area (Å²) in [5.74, 6) is 0.866. The van der Waals surface area contributed by atoms with E-state index in [0.29, 0.717) is 12.6 Å². The van der Waals surface area contributed by atoms with Gasteiger partial charge in [-0.25, -0.2) is 4.99 Å². The predicted octanol–water partition coefficient (Wildman–Crippen LogP) is 3.48. The van der Waals surface area contributed by atoms with E-state index in [1.165, 1.54) is 5.69 Å². The molecule has 0 aromatic heterocycles. The van der Waals surface area contributed by atoms with Crippen molar-refractivity contribution >= 4 is 47.2 Å². The number of benzene rings is 1. The van der Waals surface area contributed by atoms with E-state index in [4.69, 9.17) is 16.6 Å². The lowest BCUT2D eigenvalue weighted by Gasteiger charge is -2.35. The second-order valence-electron chi connectivity index (χ2n) is 7.01. The van der Waals surface area contributed by atoms with Crippen molar-refractivity contribution < 1.29 is 0 Å². The summed E-state index contributed by atoms with van der Waals surface area (Å²) in [6, 6.07) is 6.61. The van der Waals surface area contributed by atoms with E-state index < -0.39 is 0 Å². The van der Waals surface area contributed by atoms with Gasteiger partial charge >= 0.3 is 0 Å². The molecule has 1 aromatic rings. The van der Waals surface area contributed by atoms with Crippen LogP contribution in [0.25, 0.3) is 0 Å². The fraction of sp³-hybridized carbons (Fsp3) is 0.550. The van der Waals surface area contributed by atoms with Crippen LogP contribution in [0.4, 0.5) is 5.69 Å². The van der Waals surface area contributed by atoms with Crippen molar-refractivity contribution in [3.8, 4) is 0 Å². The first kappa shape index (κ1) is 22.3. The molecule has 5 nitrogen and oxygen atoms in total. The molecule has 1 heterocycles. The maximum absolute atomic E-state index is 6.55. The third kappa shape index (κ3) is 6.26. The first-order chi connectivity index (χ1) is 12.7. The van der Waals surface area contributed by atoms with Crippen LogP contribution in [-0.4, -0.2) is 56.7 Å². The number of guanidine groups is 1. The van der Waals surface area contributed by atoms with Gasteiger partial charge < -0.3 is 20.4 Å². The van der Waals surface area contributed by atoms with Gasteiger partial charge in [-0.15, -0.1) is 24.0 Å². The number of hydrogen-bond donors (Lipinski definition) is 2. The minimum Gasteiger partial charge on any atom is -0.369 e. The monoisotopic (exact) mass is 503 g/mol. The minimum absolute atomic E-state index is 0. The fourth-order valence-corrected chi connectivity index (χ4v) is 3.68. The molecule has 0 unspecified atom stereocenters. The molecule has 2 N–H and O–H groups in total. The van der Waals surface area contributed by atoms with Gasteiger partial charge in [0.05, 0.1) is 6.54 Å². The molecule has 0 atom stereocenters. The van der Waals surface area contributed by atoms with E-state index in [-0.39, 0.29) is 24.0 Å². The van der Waals surface area contributed by atoms with E-state index in [1.54, 1.807) is 0 Å². The molecule has 0 radical (unpaired) electrons. The van der Waals surface area contributed by atoms with Crippen molar-refractivity contribution in [2.75, 3.05) is 44.7 Å². The number of piperazine rings is 1. The van der Waals surface area contributed by atoms with Crippen LogP contribution in [0.15, 0.2) is 35.3 Å². The van der Waals surface area contributed by atoms with Gasteiger partial charge in [-0.2, -0.15) is 0 Å². The van der Waals surface area contributed by atoms with Gasteiger partial charge in [0.2, 0.25) is 0 Å². The van der Waals surface area contributed by atoms with Gasteiger partial charge in [-0.1, -0.05) is 29.8 Å². The van der Waals surface area contributed by atoms with E-state index in [9.17, 15) is 0 Å². The molecule has 27 heavy (non-hydrogen) atoms. The molecule has 1 aromatic carbocycles. The number of hydrogen-bond acceptors (Lipinski definition) is 3. The second kappa shape index (κ2) is 11.1. The van der Waals surface area contributed by atoms with Crippen LogP contribution in [0, 0.1) is 0 Å². The highest BCUT2D eigenvalue weighted by Gasteiger charge is 2.18. The van der Waals surface area contributed by atoms with Crippen molar-refractivity contribution in [2.45, 2.75) is 32.4 Å². The lowest BCUT2D eigenvalue weighted by Crippen LogP contribution is -2.45. The molecule has 2 aliphatic rings. The van der Waals surface area contributed by atoms with Crippen LogP contribution in [0.2, 0.25) is 5.02 Å². The van der Waals surface area contributed by atoms with Gasteiger partial charge in [0.1, 0.15) is 0 Å². The van der Waals surface area contributed by atoms with Gasteiger partial charge in [0, 0.05) is 55.0 Å². The van der Waals surface area contributed by atoms with Crippen LogP contribution in [-0.2, 0) is 6.54 Å². The molecule has 3 rings (SSSR count). The van der Waals surface area contributed by atoms with E-state index >= 15 is 0 Å². The SMILES string of the molecule is CCNC(=NCc1c(Cl)cccc1N1CCN(C)CC1)NC1CC=CC1.I. The number of nitrogens with one attached hydrogen (secondary N) is 2. The molecule has 7 heteroatoms. The van der Waals surface area contributed by atoms with Gasteiger partial charge in [0.15, 0.2) is 5.96 Å².